The number of cyclic esters (lactones) is 2. The number of esters is 2. The zero-order chi connectivity index (χ0) is 62.8. The minimum atomic E-state index is -4.96. The number of rotatable bonds is 23. The Morgan fingerprint density at radius 2 is 1.43 bits per heavy atom. The number of ether oxygens (including phenoxy) is 3. The largest absolute Gasteiger partial charge is 0.481 e. The Labute approximate surface area is 494 Å². The van der Waals surface area contributed by atoms with Gasteiger partial charge < -0.3 is 55.1 Å². The molecule has 0 aromatic heterocycles. The lowest BCUT2D eigenvalue weighted by atomic mass is 9.90. The van der Waals surface area contributed by atoms with Crippen molar-refractivity contribution in [2.45, 2.75) is 189 Å². The minimum Gasteiger partial charge on any atom is -0.456 e. The molecule has 11 atom stereocenters. The number of unbranched alkanes of at least 4 members (excludes halogenated alkanes) is 5. The van der Waals surface area contributed by atoms with Crippen LogP contribution in [0.1, 0.15) is 146 Å². The number of allylic oxidation sites excluding steroid dienone is 1. The number of halogens is 1. The van der Waals surface area contributed by atoms with Gasteiger partial charge >= 0.3 is 33.7 Å². The summed E-state index contributed by atoms with van der Waals surface area (Å²) < 4.78 is 56.3. The van der Waals surface area contributed by atoms with E-state index in [0.29, 0.717) is 41.8 Å². The van der Waals surface area contributed by atoms with E-state index in [2.05, 4.69) is 25.6 Å². The first kappa shape index (κ1) is 73.9. The highest BCUT2D eigenvalue weighted by molar-refractivity contribution is 7.61. The maximum atomic E-state index is 14.3. The first-order valence-corrected chi connectivity index (χ1v) is 31.7. The maximum absolute atomic E-state index is 14.3. The molecule has 3 unspecified atom stereocenters. The Hall–Kier alpha value is -5.19. The highest BCUT2D eigenvalue weighted by Gasteiger charge is 2.39. The van der Waals surface area contributed by atoms with Gasteiger partial charge in [0.05, 0.1) is 19.8 Å². The summed E-state index contributed by atoms with van der Waals surface area (Å²) in [6.07, 6.45) is 2.77. The molecule has 1 heterocycles. The van der Waals surface area contributed by atoms with Gasteiger partial charge in [-0.3, -0.25) is 33.0 Å². The van der Waals surface area contributed by atoms with Crippen molar-refractivity contribution in [3.05, 3.63) is 58.1 Å². The first-order valence-electron chi connectivity index (χ1n) is 28.3. The van der Waals surface area contributed by atoms with Gasteiger partial charge in [0.25, 0.3) is 5.91 Å². The maximum Gasteiger partial charge on any atom is 0.481 e. The summed E-state index contributed by atoms with van der Waals surface area (Å²) in [7, 11) is -7.08. The molecule has 0 bridgehead atoms. The number of likely N-dealkylation sites (N-methyl/N-ethyl adjacent to an activating group) is 2. The molecular weight excluding hydrogens is 1140 g/mol. The normalized spacial score (nSPS) is 25.4. The van der Waals surface area contributed by atoms with Crippen molar-refractivity contribution in [1.82, 2.24) is 31.1 Å². The zero-order valence-corrected chi connectivity index (χ0v) is 53.0. The fraction of sp³-hybridized carbons (Fsp3) is 0.679. The standard InChI is InChI=1S/C56H91ClN6O18P2/c1-14-17-18-21-30-76-82(72,73)81-83(74,75)77-31-22-19-20-29-58-56(71)79-45-28-23-38(8)54(69)78-46(32-35(4)5)50(65)59-40(10)52(67)63(13)44(33-42-24-26-43(57)27-25-42)53(68)62(12)34-47(64)61-48(36(6)15-2)51(66)60-41(11)55(70)80-49(39(45)9)37(7)16-3/h16,23-27,35-36,39-41,44-46,48-49H,14-15,17-22,28-34H2,1-13H3,(H,58,71)(H,59,65)(H,60,66)(H,61,64)(H,72,73)(H,74,75)/b37-16+,38-23+/t36?,39-,40-,41+,44+,45-,46+,48-,49+/m0/s1. The van der Waals surface area contributed by atoms with Crippen molar-refractivity contribution < 1.29 is 84.8 Å². The predicted molar refractivity (Wildman–Crippen MR) is 311 cm³/mol. The SMILES string of the molecule is C/C=C(\C)[C@H]1OC(=O)[C@@H](C)NC(=O)[C@H](C(C)CC)NC(=O)CN(C)C(=O)[C@@H](Cc2ccc(Cl)cc2)N(C)C(=O)[C@H](C)NC(=O)[C@@H](CC(C)C)OC(=O)/C(C)=C/C[C@H](OC(=O)NCCCCCOP(=O)(O)OP(=O)(O)OCCCCCC)[C@@H]1C. The van der Waals surface area contributed by atoms with Crippen LogP contribution < -0.4 is 21.3 Å². The number of amides is 6. The van der Waals surface area contributed by atoms with E-state index < -0.39 is 124 Å². The number of hydrogen-bond acceptors (Lipinski definition) is 16. The summed E-state index contributed by atoms with van der Waals surface area (Å²) in [5, 5.41) is 11.1. The summed E-state index contributed by atoms with van der Waals surface area (Å²) in [6, 6.07) is 1.67. The van der Waals surface area contributed by atoms with Gasteiger partial charge in [0.15, 0.2) is 6.10 Å². The Balaban J connectivity index is 2.52. The molecule has 6 N–H and O–H groups in total. The number of nitrogens with zero attached hydrogens (tertiary/aromatic N) is 2. The molecule has 1 aromatic rings. The van der Waals surface area contributed by atoms with Gasteiger partial charge in [0, 0.05) is 50.0 Å². The lowest BCUT2D eigenvalue weighted by Gasteiger charge is -2.33. The number of phosphoric acid groups is 2. The van der Waals surface area contributed by atoms with Crippen LogP contribution in [0, 0.1) is 17.8 Å². The van der Waals surface area contributed by atoms with Crippen LogP contribution in [0.4, 0.5) is 4.79 Å². The lowest BCUT2D eigenvalue weighted by Crippen LogP contribution is -2.57. The van der Waals surface area contributed by atoms with E-state index in [1.807, 2.05) is 20.8 Å². The summed E-state index contributed by atoms with van der Waals surface area (Å²) in [4.78, 5) is 134. The van der Waals surface area contributed by atoms with Gasteiger partial charge in [0.2, 0.25) is 23.6 Å². The third-order valence-corrected chi connectivity index (χ3v) is 16.9. The Morgan fingerprint density at radius 1 is 0.843 bits per heavy atom. The first-order chi connectivity index (χ1) is 38.9. The Morgan fingerprint density at radius 3 is 2.00 bits per heavy atom. The van der Waals surface area contributed by atoms with Crippen LogP contribution in [0.15, 0.2) is 47.6 Å². The molecule has 83 heavy (non-hydrogen) atoms. The van der Waals surface area contributed by atoms with Gasteiger partial charge in [-0.1, -0.05) is 103 Å². The molecule has 0 saturated carbocycles. The Kier molecular flexibility index (Phi) is 32.6. The van der Waals surface area contributed by atoms with Crippen molar-refractivity contribution in [2.75, 3.05) is 40.4 Å². The molecule has 1 aliphatic rings. The molecular formula is C56H91ClN6O18P2. The number of nitrogens with one attached hydrogen (secondary N) is 4. The molecule has 0 radical (unpaired) electrons. The molecule has 1 aromatic carbocycles. The average Bonchev–Trinajstić information content (AvgIpc) is 3.52. The average molecular weight is 1230 g/mol. The number of hydrogen-bond donors (Lipinski definition) is 6. The van der Waals surface area contributed by atoms with Crippen LogP contribution in [0.2, 0.25) is 5.02 Å². The molecule has 27 heteroatoms. The van der Waals surface area contributed by atoms with E-state index >= 15 is 0 Å². The highest BCUT2D eigenvalue weighted by atomic mass is 35.5. The van der Waals surface area contributed by atoms with Gasteiger partial charge in [0.1, 0.15) is 36.4 Å². The monoisotopic (exact) mass is 1230 g/mol. The lowest BCUT2D eigenvalue weighted by molar-refractivity contribution is -0.155. The third-order valence-electron chi connectivity index (χ3n) is 13.9. The fourth-order valence-electron chi connectivity index (χ4n) is 8.54. The summed E-state index contributed by atoms with van der Waals surface area (Å²) in [6.45, 7) is 17.5. The second-order valence-electron chi connectivity index (χ2n) is 21.5. The van der Waals surface area contributed by atoms with Crippen molar-refractivity contribution in [1.29, 1.82) is 0 Å². The zero-order valence-electron chi connectivity index (χ0n) is 50.4. The second-order valence-corrected chi connectivity index (χ2v) is 24.9. The summed E-state index contributed by atoms with van der Waals surface area (Å²) >= 11 is 6.15. The van der Waals surface area contributed by atoms with Crippen LogP contribution in [0.25, 0.3) is 0 Å². The molecule has 0 saturated heterocycles. The number of carbonyl (C=O) groups excluding carboxylic acids is 8. The van der Waals surface area contributed by atoms with Crippen molar-refractivity contribution in [3.8, 4) is 0 Å². The van der Waals surface area contributed by atoms with Crippen LogP contribution in [0.5, 0.6) is 0 Å². The number of phosphoric ester groups is 2. The molecule has 24 nitrogen and oxygen atoms in total. The Bertz CT molecular complexity index is 2480. The van der Waals surface area contributed by atoms with Gasteiger partial charge in [-0.2, -0.15) is 4.31 Å². The smallest absolute Gasteiger partial charge is 0.456 e. The molecule has 2 rings (SSSR count). The van der Waals surface area contributed by atoms with E-state index in [1.165, 1.54) is 40.9 Å². The van der Waals surface area contributed by atoms with Crippen LogP contribution in [-0.4, -0.2) is 150 Å². The van der Waals surface area contributed by atoms with Crippen LogP contribution in [0.3, 0.4) is 0 Å². The van der Waals surface area contributed by atoms with Crippen molar-refractivity contribution in [3.63, 3.8) is 0 Å². The summed E-state index contributed by atoms with van der Waals surface area (Å²) in [5.74, 6) is -6.83. The number of alkyl carbamates (subject to hydrolysis) is 1. The minimum absolute atomic E-state index is 0.0121. The van der Waals surface area contributed by atoms with E-state index in [1.54, 1.807) is 65.0 Å². The van der Waals surface area contributed by atoms with Crippen LogP contribution in [-0.2, 0) is 76.7 Å². The molecule has 470 valence electrons. The molecule has 0 fully saturated rings. The number of carbonyl (C=O) groups is 8. The fourth-order valence-corrected chi connectivity index (χ4v) is 10.8. The third kappa shape index (κ3) is 26.7. The van der Waals surface area contributed by atoms with Crippen LogP contribution >= 0.6 is 27.2 Å². The van der Waals surface area contributed by atoms with E-state index in [4.69, 9.17) is 34.9 Å². The topological polar surface area (TPSA) is 321 Å². The van der Waals surface area contributed by atoms with Crippen molar-refractivity contribution >= 4 is 74.8 Å². The highest BCUT2D eigenvalue weighted by Crippen LogP contribution is 2.60. The van der Waals surface area contributed by atoms with Gasteiger partial charge in [-0.25, -0.2) is 23.5 Å². The predicted octanol–water partition coefficient (Wildman–Crippen LogP) is 7.63. The van der Waals surface area contributed by atoms with E-state index in [9.17, 15) is 57.3 Å². The molecule has 1 aliphatic heterocycles. The molecule has 6 amide bonds. The van der Waals surface area contributed by atoms with Gasteiger partial charge in [-0.05, 0) is 102 Å². The number of benzene rings is 1. The second kappa shape index (κ2) is 36.6. The van der Waals surface area contributed by atoms with E-state index in [0.717, 1.165) is 29.1 Å². The molecule has 0 spiro atoms. The van der Waals surface area contributed by atoms with Gasteiger partial charge in [-0.15, -0.1) is 0 Å². The van der Waals surface area contributed by atoms with E-state index in [-0.39, 0.29) is 56.9 Å². The quantitative estimate of drug-likeness (QED) is 0.0202. The molecule has 0 aliphatic carbocycles. The summed E-state index contributed by atoms with van der Waals surface area (Å²) in [5.41, 5.74) is 1.17. The van der Waals surface area contributed by atoms with Crippen molar-refractivity contribution in [2.24, 2.45) is 17.8 Å².